The molecule has 1 aromatic rings. The fraction of sp³-hybridized carbons (Fsp3) is 0.375. The van der Waals surface area contributed by atoms with Crippen LogP contribution in [0.5, 0.6) is 0 Å². The normalized spacial score (nSPS) is 11.7. The molecule has 1 heterocycles. The second kappa shape index (κ2) is 3.80. The van der Waals surface area contributed by atoms with Crippen LogP contribution in [0, 0.1) is 6.92 Å². The second-order valence-corrected chi connectivity index (χ2v) is 2.29. The van der Waals surface area contributed by atoms with Crippen LogP contribution in [-0.2, 0) is 0 Å². The third kappa shape index (κ3) is 1.78. The molecule has 0 bridgehead atoms. The van der Waals surface area contributed by atoms with Crippen LogP contribution < -0.4 is 0 Å². The molecular formula is C8H11N3O. The molecule has 12 heavy (non-hydrogen) atoms. The topological polar surface area (TPSA) is 51.3 Å². The van der Waals surface area contributed by atoms with Crippen LogP contribution in [0.1, 0.15) is 18.2 Å². The van der Waals surface area contributed by atoms with E-state index in [0.717, 1.165) is 5.71 Å². The SMILES string of the molecule is C=CCC(=NC)c1nnc(C)o1. The Morgan fingerprint density at radius 3 is 2.83 bits per heavy atom. The molecule has 0 atom stereocenters. The van der Waals surface area contributed by atoms with E-state index in [4.69, 9.17) is 4.42 Å². The van der Waals surface area contributed by atoms with Gasteiger partial charge >= 0.3 is 0 Å². The van der Waals surface area contributed by atoms with Crippen molar-refractivity contribution in [3.63, 3.8) is 0 Å². The van der Waals surface area contributed by atoms with Gasteiger partial charge in [0.25, 0.3) is 5.89 Å². The summed E-state index contributed by atoms with van der Waals surface area (Å²) in [5.74, 6) is 1.03. The van der Waals surface area contributed by atoms with Gasteiger partial charge in [0.05, 0.1) is 0 Å². The Kier molecular flexibility index (Phi) is 2.74. The predicted octanol–water partition coefficient (Wildman–Crippen LogP) is 1.37. The summed E-state index contributed by atoms with van der Waals surface area (Å²) in [6, 6.07) is 0. The first kappa shape index (κ1) is 8.64. The number of hydrogen-bond acceptors (Lipinski definition) is 4. The van der Waals surface area contributed by atoms with E-state index in [9.17, 15) is 0 Å². The minimum atomic E-state index is 0.481. The van der Waals surface area contributed by atoms with E-state index in [1.54, 1.807) is 20.0 Å². The smallest absolute Gasteiger partial charge is 0.261 e. The van der Waals surface area contributed by atoms with Gasteiger partial charge in [-0.05, 0) is 0 Å². The Bertz CT molecular complexity index is 301. The van der Waals surface area contributed by atoms with Gasteiger partial charge in [-0.25, -0.2) is 0 Å². The number of hydrogen-bond donors (Lipinski definition) is 0. The summed E-state index contributed by atoms with van der Waals surface area (Å²) in [6.07, 6.45) is 2.40. The number of rotatable bonds is 3. The number of aromatic nitrogens is 2. The minimum absolute atomic E-state index is 0.481. The van der Waals surface area contributed by atoms with Crippen molar-refractivity contribution in [3.8, 4) is 0 Å². The molecule has 4 heteroatoms. The third-order valence-corrected chi connectivity index (χ3v) is 1.38. The molecule has 0 amide bonds. The van der Waals surface area contributed by atoms with Crippen LogP contribution in [0.4, 0.5) is 0 Å². The fourth-order valence-electron chi connectivity index (χ4n) is 0.824. The summed E-state index contributed by atoms with van der Waals surface area (Å²) in [7, 11) is 1.69. The molecular weight excluding hydrogens is 154 g/mol. The van der Waals surface area contributed by atoms with Crippen LogP contribution in [-0.4, -0.2) is 23.0 Å². The van der Waals surface area contributed by atoms with Crippen LogP contribution >= 0.6 is 0 Å². The molecule has 64 valence electrons. The first-order valence-electron chi connectivity index (χ1n) is 3.65. The molecule has 0 saturated carbocycles. The molecule has 1 rings (SSSR count). The molecule has 0 fully saturated rings. The Morgan fingerprint density at radius 2 is 2.42 bits per heavy atom. The van der Waals surface area contributed by atoms with Crippen molar-refractivity contribution in [2.75, 3.05) is 7.05 Å². The van der Waals surface area contributed by atoms with E-state index in [2.05, 4.69) is 21.8 Å². The molecule has 4 nitrogen and oxygen atoms in total. The van der Waals surface area contributed by atoms with E-state index < -0.39 is 0 Å². The average molecular weight is 165 g/mol. The highest BCUT2D eigenvalue weighted by molar-refractivity contribution is 5.97. The largest absolute Gasteiger partial charge is 0.420 e. The highest BCUT2D eigenvalue weighted by Crippen LogP contribution is 2.03. The molecule has 0 spiro atoms. The Labute approximate surface area is 71.0 Å². The van der Waals surface area contributed by atoms with E-state index in [1.165, 1.54) is 0 Å². The van der Waals surface area contributed by atoms with Gasteiger partial charge in [0.2, 0.25) is 5.89 Å². The molecule has 0 N–H and O–H groups in total. The number of aliphatic imine (C=N–C) groups is 1. The van der Waals surface area contributed by atoms with Gasteiger partial charge in [-0.15, -0.1) is 16.8 Å². The minimum Gasteiger partial charge on any atom is -0.420 e. The summed E-state index contributed by atoms with van der Waals surface area (Å²) in [5.41, 5.74) is 0.769. The van der Waals surface area contributed by atoms with Gasteiger partial charge in [-0.1, -0.05) is 6.08 Å². The van der Waals surface area contributed by atoms with Gasteiger partial charge in [-0.2, -0.15) is 0 Å². The lowest BCUT2D eigenvalue weighted by atomic mass is 10.2. The zero-order valence-electron chi connectivity index (χ0n) is 7.24. The van der Waals surface area contributed by atoms with Crippen molar-refractivity contribution < 1.29 is 4.42 Å². The number of allylic oxidation sites excluding steroid dienone is 1. The highest BCUT2D eigenvalue weighted by Gasteiger charge is 2.07. The molecule has 0 aliphatic carbocycles. The monoisotopic (exact) mass is 165 g/mol. The van der Waals surface area contributed by atoms with Crippen molar-refractivity contribution in [2.24, 2.45) is 4.99 Å². The Balaban J connectivity index is 2.87. The zero-order valence-corrected chi connectivity index (χ0v) is 7.24. The Morgan fingerprint density at radius 1 is 1.67 bits per heavy atom. The quantitative estimate of drug-likeness (QED) is 0.502. The van der Waals surface area contributed by atoms with Gasteiger partial charge < -0.3 is 4.42 Å². The first-order chi connectivity index (χ1) is 5.77. The van der Waals surface area contributed by atoms with Crippen LogP contribution in [0.3, 0.4) is 0 Å². The third-order valence-electron chi connectivity index (χ3n) is 1.38. The van der Waals surface area contributed by atoms with E-state index in [0.29, 0.717) is 18.2 Å². The van der Waals surface area contributed by atoms with Gasteiger partial charge in [0.15, 0.2) is 0 Å². The summed E-state index contributed by atoms with van der Waals surface area (Å²) in [4.78, 5) is 4.01. The summed E-state index contributed by atoms with van der Waals surface area (Å²) >= 11 is 0. The standard InChI is InChI=1S/C8H11N3O/c1-4-5-7(9-3)8-11-10-6(2)12-8/h4H,1,5H2,2-3H3. The van der Waals surface area contributed by atoms with E-state index in [1.807, 2.05) is 0 Å². The highest BCUT2D eigenvalue weighted by atomic mass is 16.4. The number of nitrogens with zero attached hydrogens (tertiary/aromatic N) is 3. The molecule has 0 aromatic carbocycles. The van der Waals surface area contributed by atoms with Crippen LogP contribution in [0.15, 0.2) is 22.1 Å². The van der Waals surface area contributed by atoms with Crippen molar-refractivity contribution in [1.82, 2.24) is 10.2 Å². The van der Waals surface area contributed by atoms with E-state index in [-0.39, 0.29) is 0 Å². The van der Waals surface area contributed by atoms with E-state index >= 15 is 0 Å². The van der Waals surface area contributed by atoms with Crippen molar-refractivity contribution in [3.05, 3.63) is 24.4 Å². The first-order valence-corrected chi connectivity index (χ1v) is 3.65. The molecule has 0 radical (unpaired) electrons. The lowest BCUT2D eigenvalue weighted by Gasteiger charge is -1.93. The van der Waals surface area contributed by atoms with Crippen molar-refractivity contribution >= 4 is 5.71 Å². The van der Waals surface area contributed by atoms with Gasteiger partial charge in [0, 0.05) is 20.4 Å². The molecule has 1 aromatic heterocycles. The molecule has 0 aliphatic heterocycles. The lowest BCUT2D eigenvalue weighted by molar-refractivity contribution is 0.509. The molecule has 0 unspecified atom stereocenters. The summed E-state index contributed by atoms with van der Waals surface area (Å²) in [5, 5.41) is 7.55. The van der Waals surface area contributed by atoms with Gasteiger partial charge in [0.1, 0.15) is 5.71 Å². The predicted molar refractivity (Wildman–Crippen MR) is 46.3 cm³/mol. The van der Waals surface area contributed by atoms with Crippen LogP contribution in [0.2, 0.25) is 0 Å². The maximum absolute atomic E-state index is 5.19. The summed E-state index contributed by atoms with van der Waals surface area (Å²) in [6.45, 7) is 5.36. The van der Waals surface area contributed by atoms with Crippen molar-refractivity contribution in [2.45, 2.75) is 13.3 Å². The second-order valence-electron chi connectivity index (χ2n) is 2.29. The average Bonchev–Trinajstić information content (AvgIpc) is 2.47. The van der Waals surface area contributed by atoms with Crippen molar-refractivity contribution in [1.29, 1.82) is 0 Å². The fourth-order valence-corrected chi connectivity index (χ4v) is 0.824. The van der Waals surface area contributed by atoms with Gasteiger partial charge in [-0.3, -0.25) is 4.99 Å². The maximum Gasteiger partial charge on any atom is 0.261 e. The van der Waals surface area contributed by atoms with Crippen LogP contribution in [0.25, 0.3) is 0 Å². The molecule has 0 saturated heterocycles. The number of aryl methyl sites for hydroxylation is 1. The zero-order chi connectivity index (χ0) is 8.97. The molecule has 0 aliphatic rings. The Hall–Kier alpha value is -1.45. The summed E-state index contributed by atoms with van der Waals surface area (Å²) < 4.78 is 5.19. The lowest BCUT2D eigenvalue weighted by Crippen LogP contribution is -1.99. The maximum atomic E-state index is 5.19.